The summed E-state index contributed by atoms with van der Waals surface area (Å²) >= 11 is 0. The van der Waals surface area contributed by atoms with Gasteiger partial charge in [-0.25, -0.2) is 0 Å². The smallest absolute Gasteiger partial charge is 0.240 e. The summed E-state index contributed by atoms with van der Waals surface area (Å²) < 4.78 is 0. The Morgan fingerprint density at radius 3 is 3.00 bits per heavy atom. The first-order chi connectivity index (χ1) is 9.10. The molecule has 1 fully saturated rings. The van der Waals surface area contributed by atoms with Crippen LogP contribution in [0.1, 0.15) is 24.0 Å². The summed E-state index contributed by atoms with van der Waals surface area (Å²) in [5.41, 5.74) is 8.93. The molecule has 100 valence electrons. The number of hydrogen-bond donors (Lipinski definition) is 3. The Kier molecular flexibility index (Phi) is 2.82. The monoisotopic (exact) mass is 257 g/mol. The van der Waals surface area contributed by atoms with Gasteiger partial charge in [0.2, 0.25) is 5.91 Å². The van der Waals surface area contributed by atoms with E-state index in [0.29, 0.717) is 6.54 Å². The van der Waals surface area contributed by atoms with Crippen LogP contribution in [-0.4, -0.2) is 23.0 Å². The van der Waals surface area contributed by atoms with Gasteiger partial charge in [-0.2, -0.15) is 0 Å². The first kappa shape index (κ1) is 12.2. The quantitative estimate of drug-likeness (QED) is 0.779. The fourth-order valence-electron chi connectivity index (χ4n) is 2.42. The van der Waals surface area contributed by atoms with Gasteiger partial charge in [-0.05, 0) is 37.3 Å². The summed E-state index contributed by atoms with van der Waals surface area (Å²) in [5.74, 6) is -0.0106. The van der Waals surface area contributed by atoms with Crippen molar-refractivity contribution in [2.75, 3.05) is 6.54 Å². The van der Waals surface area contributed by atoms with E-state index in [2.05, 4.69) is 35.4 Å². The summed E-state index contributed by atoms with van der Waals surface area (Å²) in [5, 5.41) is 4.16. The standard InChI is InChI=1S/C15H19N3O/c1-10-3-2-4-12-11(9-18-13(10)12)5-8-17-14(19)15(16)6-7-15/h2-4,9,18H,5-8,16H2,1H3,(H,17,19). The zero-order valence-electron chi connectivity index (χ0n) is 11.1. The second-order valence-corrected chi connectivity index (χ2v) is 5.47. The number of amides is 1. The van der Waals surface area contributed by atoms with Crippen molar-refractivity contribution in [3.63, 3.8) is 0 Å². The lowest BCUT2D eigenvalue weighted by Gasteiger charge is -2.09. The number of nitrogens with two attached hydrogens (primary N) is 1. The number of H-pyrrole nitrogens is 1. The molecule has 0 spiro atoms. The highest BCUT2D eigenvalue weighted by atomic mass is 16.2. The predicted octanol–water partition coefficient (Wildman–Crippen LogP) is 1.63. The Labute approximate surface area is 112 Å². The van der Waals surface area contributed by atoms with Crippen LogP contribution in [0.25, 0.3) is 10.9 Å². The molecule has 1 saturated carbocycles. The third-order valence-corrected chi connectivity index (χ3v) is 3.93. The van der Waals surface area contributed by atoms with Crippen molar-refractivity contribution in [1.82, 2.24) is 10.3 Å². The van der Waals surface area contributed by atoms with Crippen LogP contribution in [0.5, 0.6) is 0 Å². The highest BCUT2D eigenvalue weighted by Gasteiger charge is 2.45. The maximum absolute atomic E-state index is 11.7. The highest BCUT2D eigenvalue weighted by Crippen LogP contribution is 2.32. The normalized spacial score (nSPS) is 16.5. The Morgan fingerprint density at radius 2 is 2.26 bits per heavy atom. The van der Waals surface area contributed by atoms with Crippen LogP contribution < -0.4 is 11.1 Å². The van der Waals surface area contributed by atoms with E-state index in [4.69, 9.17) is 5.73 Å². The van der Waals surface area contributed by atoms with E-state index in [9.17, 15) is 4.79 Å². The van der Waals surface area contributed by atoms with E-state index in [-0.39, 0.29) is 5.91 Å². The third-order valence-electron chi connectivity index (χ3n) is 3.93. The minimum Gasteiger partial charge on any atom is -0.361 e. The molecule has 0 saturated heterocycles. The van der Waals surface area contributed by atoms with Gasteiger partial charge < -0.3 is 16.0 Å². The van der Waals surface area contributed by atoms with Crippen molar-refractivity contribution in [2.24, 2.45) is 5.73 Å². The number of aromatic nitrogens is 1. The lowest BCUT2D eigenvalue weighted by Crippen LogP contribution is -2.43. The van der Waals surface area contributed by atoms with Crippen LogP contribution in [0.3, 0.4) is 0 Å². The number of carbonyl (C=O) groups is 1. The molecule has 1 heterocycles. The Morgan fingerprint density at radius 1 is 1.47 bits per heavy atom. The summed E-state index contributed by atoms with van der Waals surface area (Å²) in [6, 6.07) is 6.27. The molecule has 2 aromatic rings. The van der Waals surface area contributed by atoms with E-state index >= 15 is 0 Å². The van der Waals surface area contributed by atoms with Crippen LogP contribution in [-0.2, 0) is 11.2 Å². The molecule has 1 aliphatic rings. The molecule has 0 bridgehead atoms. The molecule has 19 heavy (non-hydrogen) atoms. The molecule has 1 aromatic heterocycles. The minimum absolute atomic E-state index is 0.0106. The van der Waals surface area contributed by atoms with Crippen LogP contribution in [0, 0.1) is 6.92 Å². The molecule has 4 N–H and O–H groups in total. The molecular formula is C15H19N3O. The van der Waals surface area contributed by atoms with Gasteiger partial charge in [0.05, 0.1) is 5.54 Å². The third kappa shape index (κ3) is 2.24. The fourth-order valence-corrected chi connectivity index (χ4v) is 2.42. The van der Waals surface area contributed by atoms with Gasteiger partial charge in [-0.3, -0.25) is 4.79 Å². The van der Waals surface area contributed by atoms with E-state index in [1.165, 1.54) is 22.0 Å². The molecule has 4 heteroatoms. The van der Waals surface area contributed by atoms with Crippen molar-refractivity contribution >= 4 is 16.8 Å². The van der Waals surface area contributed by atoms with Gasteiger partial charge >= 0.3 is 0 Å². The molecule has 1 amide bonds. The highest BCUT2D eigenvalue weighted by molar-refractivity contribution is 5.89. The number of benzene rings is 1. The van der Waals surface area contributed by atoms with Gasteiger partial charge in [0.1, 0.15) is 0 Å². The molecule has 0 radical (unpaired) electrons. The molecular weight excluding hydrogens is 238 g/mol. The minimum atomic E-state index is -0.573. The topological polar surface area (TPSA) is 70.9 Å². The number of fused-ring (bicyclic) bond motifs is 1. The Bertz CT molecular complexity index is 625. The molecule has 4 nitrogen and oxygen atoms in total. The Hall–Kier alpha value is -1.81. The van der Waals surface area contributed by atoms with Crippen LogP contribution in [0.2, 0.25) is 0 Å². The van der Waals surface area contributed by atoms with Gasteiger partial charge in [-0.15, -0.1) is 0 Å². The fraction of sp³-hybridized carbons (Fsp3) is 0.400. The maximum atomic E-state index is 11.7. The zero-order valence-corrected chi connectivity index (χ0v) is 11.1. The second kappa shape index (κ2) is 4.38. The van der Waals surface area contributed by atoms with Crippen LogP contribution >= 0.6 is 0 Å². The van der Waals surface area contributed by atoms with E-state index in [0.717, 1.165) is 19.3 Å². The number of carbonyl (C=O) groups excluding carboxylic acids is 1. The van der Waals surface area contributed by atoms with Gasteiger partial charge in [-0.1, -0.05) is 18.2 Å². The molecule has 1 aliphatic carbocycles. The summed E-state index contributed by atoms with van der Waals surface area (Å²) in [6.07, 6.45) is 4.47. The number of aryl methyl sites for hydroxylation is 1. The SMILES string of the molecule is Cc1cccc2c(CCNC(=O)C3(N)CC3)c[nH]c12. The van der Waals surface area contributed by atoms with Crippen molar-refractivity contribution < 1.29 is 4.79 Å². The molecule has 0 atom stereocenters. The summed E-state index contributed by atoms with van der Waals surface area (Å²) in [6.45, 7) is 2.73. The molecule has 1 aromatic carbocycles. The predicted molar refractivity (Wildman–Crippen MR) is 75.9 cm³/mol. The second-order valence-electron chi connectivity index (χ2n) is 5.47. The summed E-state index contributed by atoms with van der Waals surface area (Å²) in [7, 11) is 0. The number of para-hydroxylation sites is 1. The van der Waals surface area contributed by atoms with Gasteiger partial charge in [0.25, 0.3) is 0 Å². The van der Waals surface area contributed by atoms with Gasteiger partial charge in [0, 0.05) is 23.6 Å². The largest absolute Gasteiger partial charge is 0.361 e. The lowest BCUT2D eigenvalue weighted by atomic mass is 10.1. The van der Waals surface area contributed by atoms with E-state index in [1.54, 1.807) is 0 Å². The molecule has 0 unspecified atom stereocenters. The number of aromatic amines is 1. The van der Waals surface area contributed by atoms with E-state index in [1.807, 2.05) is 6.20 Å². The number of hydrogen-bond acceptors (Lipinski definition) is 2. The number of nitrogens with one attached hydrogen (secondary N) is 2. The van der Waals surface area contributed by atoms with Crippen LogP contribution in [0.4, 0.5) is 0 Å². The zero-order chi connectivity index (χ0) is 13.5. The maximum Gasteiger partial charge on any atom is 0.240 e. The van der Waals surface area contributed by atoms with Crippen molar-refractivity contribution in [1.29, 1.82) is 0 Å². The van der Waals surface area contributed by atoms with Crippen LogP contribution in [0.15, 0.2) is 24.4 Å². The van der Waals surface area contributed by atoms with E-state index < -0.39 is 5.54 Å². The average molecular weight is 257 g/mol. The molecule has 0 aliphatic heterocycles. The Balaban J connectivity index is 1.66. The van der Waals surface area contributed by atoms with Gasteiger partial charge in [0.15, 0.2) is 0 Å². The summed E-state index contributed by atoms with van der Waals surface area (Å²) in [4.78, 5) is 15.0. The average Bonchev–Trinajstić information content (AvgIpc) is 3.00. The van der Waals surface area contributed by atoms with Crippen molar-refractivity contribution in [2.45, 2.75) is 31.7 Å². The van der Waals surface area contributed by atoms with Crippen molar-refractivity contribution in [3.8, 4) is 0 Å². The first-order valence-corrected chi connectivity index (χ1v) is 6.73. The lowest BCUT2D eigenvalue weighted by molar-refractivity contribution is -0.123. The first-order valence-electron chi connectivity index (χ1n) is 6.73. The number of rotatable bonds is 4. The molecule has 3 rings (SSSR count). The van der Waals surface area contributed by atoms with Crippen molar-refractivity contribution in [3.05, 3.63) is 35.5 Å².